The molecule has 25 heavy (non-hydrogen) atoms. The van der Waals surface area contributed by atoms with Crippen molar-refractivity contribution >= 4 is 12.3 Å². The number of nitrogens with one attached hydrogen (secondary N) is 2. The van der Waals surface area contributed by atoms with Gasteiger partial charge in [0.15, 0.2) is 0 Å². The molecule has 0 aliphatic rings. The Morgan fingerprint density at radius 3 is 2.00 bits per heavy atom. The van der Waals surface area contributed by atoms with Crippen LogP contribution in [0.3, 0.4) is 0 Å². The van der Waals surface area contributed by atoms with Crippen LogP contribution >= 0.6 is 0 Å². The Kier molecular flexibility index (Phi) is 21.7. The molecular weight excluding hydrogens is 326 g/mol. The van der Waals surface area contributed by atoms with Crippen LogP contribution in [0.1, 0.15) is 34.1 Å². The van der Waals surface area contributed by atoms with Crippen molar-refractivity contribution in [2.45, 2.75) is 40.2 Å². The molecule has 0 radical (unpaired) electrons. The first-order valence-electron chi connectivity index (χ1n) is 9.02. The van der Waals surface area contributed by atoms with E-state index >= 15 is 0 Å². The molecule has 0 saturated heterocycles. The first kappa shape index (κ1) is 26.0. The lowest BCUT2D eigenvalue weighted by Gasteiger charge is -2.17. The molecule has 0 aromatic heterocycles. The number of carbonyl (C=O) groups excluding carboxylic acids is 2. The summed E-state index contributed by atoms with van der Waals surface area (Å²) in [5.41, 5.74) is 5.28. The van der Waals surface area contributed by atoms with E-state index in [9.17, 15) is 9.59 Å². The molecule has 150 valence electrons. The molecule has 4 N–H and O–H groups in total. The van der Waals surface area contributed by atoms with Gasteiger partial charge in [-0.05, 0) is 12.3 Å². The molecule has 0 heterocycles. The van der Waals surface area contributed by atoms with Gasteiger partial charge in [-0.2, -0.15) is 0 Å². The van der Waals surface area contributed by atoms with Gasteiger partial charge in [0.2, 0.25) is 12.3 Å². The van der Waals surface area contributed by atoms with Crippen LogP contribution in [0.15, 0.2) is 0 Å². The van der Waals surface area contributed by atoms with E-state index in [-0.39, 0.29) is 5.91 Å². The molecule has 0 aromatic carbocycles. The topological polar surface area (TPSA) is 112 Å². The fourth-order valence-electron chi connectivity index (χ4n) is 1.80. The summed E-state index contributed by atoms with van der Waals surface area (Å²) in [5.74, 6) is 0.128. The summed E-state index contributed by atoms with van der Waals surface area (Å²) < 4.78 is 15.8. The lowest BCUT2D eigenvalue weighted by Crippen LogP contribution is -2.45. The fourth-order valence-corrected chi connectivity index (χ4v) is 1.80. The second kappa shape index (κ2) is 20.8. The van der Waals surface area contributed by atoms with E-state index < -0.39 is 6.04 Å². The van der Waals surface area contributed by atoms with Crippen LogP contribution in [0.4, 0.5) is 0 Å². The molecule has 8 heteroatoms. The third kappa shape index (κ3) is 19.0. The van der Waals surface area contributed by atoms with Gasteiger partial charge >= 0.3 is 0 Å². The molecule has 1 atom stereocenters. The highest BCUT2D eigenvalue weighted by molar-refractivity contribution is 5.83. The highest BCUT2D eigenvalue weighted by Gasteiger charge is 2.18. The number of rotatable bonds is 16. The van der Waals surface area contributed by atoms with E-state index in [1.54, 1.807) is 0 Å². The molecule has 0 saturated carbocycles. The largest absolute Gasteiger partial charge is 0.378 e. The number of nitrogens with two attached hydrogens (primary N) is 1. The van der Waals surface area contributed by atoms with E-state index in [0.717, 1.165) is 0 Å². The summed E-state index contributed by atoms with van der Waals surface area (Å²) in [4.78, 5) is 22.4. The van der Waals surface area contributed by atoms with E-state index in [2.05, 4.69) is 10.6 Å². The summed E-state index contributed by atoms with van der Waals surface area (Å²) in [5, 5.41) is 5.27. The van der Waals surface area contributed by atoms with Gasteiger partial charge in [0, 0.05) is 13.1 Å². The van der Waals surface area contributed by atoms with Crippen LogP contribution in [0, 0.1) is 5.92 Å². The van der Waals surface area contributed by atoms with Crippen LogP contribution in [-0.2, 0) is 23.8 Å². The highest BCUT2D eigenvalue weighted by Crippen LogP contribution is 2.04. The minimum Gasteiger partial charge on any atom is -0.378 e. The van der Waals surface area contributed by atoms with Gasteiger partial charge in [0.25, 0.3) is 0 Å². The van der Waals surface area contributed by atoms with E-state index in [1.807, 2.05) is 27.7 Å². The normalized spacial score (nSPS) is 11.4. The Morgan fingerprint density at radius 2 is 1.52 bits per heavy atom. The lowest BCUT2D eigenvalue weighted by molar-refractivity contribution is -0.126. The molecule has 0 bridgehead atoms. The van der Waals surface area contributed by atoms with Gasteiger partial charge in [-0.1, -0.05) is 27.7 Å². The first-order chi connectivity index (χ1) is 12.1. The second-order valence-corrected chi connectivity index (χ2v) is 5.38. The molecule has 0 aliphatic carbocycles. The Hall–Kier alpha value is -1.22. The Labute approximate surface area is 152 Å². The zero-order valence-electron chi connectivity index (χ0n) is 16.2. The minimum atomic E-state index is -0.496. The van der Waals surface area contributed by atoms with Gasteiger partial charge in [-0.15, -0.1) is 0 Å². The predicted octanol–water partition coefficient (Wildman–Crippen LogP) is 0.298. The average Bonchev–Trinajstić information content (AvgIpc) is 2.60. The molecule has 0 rings (SSSR count). The van der Waals surface area contributed by atoms with E-state index in [1.165, 1.54) is 0 Å². The maximum Gasteiger partial charge on any atom is 0.242 e. The molecule has 0 aliphatic heterocycles. The van der Waals surface area contributed by atoms with Gasteiger partial charge in [0.1, 0.15) is 6.04 Å². The van der Waals surface area contributed by atoms with Crippen LogP contribution in [0.25, 0.3) is 0 Å². The highest BCUT2D eigenvalue weighted by atomic mass is 16.5. The van der Waals surface area contributed by atoms with Crippen molar-refractivity contribution in [3.8, 4) is 0 Å². The van der Waals surface area contributed by atoms with Crippen LogP contribution in [-0.4, -0.2) is 71.1 Å². The number of amides is 2. The maximum atomic E-state index is 11.9. The summed E-state index contributed by atoms with van der Waals surface area (Å²) in [6.45, 7) is 11.8. The molecular formula is C17H37N3O5. The van der Waals surface area contributed by atoms with Crippen molar-refractivity contribution in [1.29, 1.82) is 0 Å². The number of carbonyl (C=O) groups is 2. The third-order valence-corrected chi connectivity index (χ3v) is 2.84. The zero-order valence-corrected chi connectivity index (χ0v) is 16.2. The van der Waals surface area contributed by atoms with Crippen molar-refractivity contribution in [3.05, 3.63) is 0 Å². The number of hydrogen-bond donors (Lipinski definition) is 3. The maximum absolute atomic E-state index is 11.9. The molecule has 0 aromatic rings. The third-order valence-electron chi connectivity index (χ3n) is 2.84. The average molecular weight is 363 g/mol. The Morgan fingerprint density at radius 1 is 1.00 bits per heavy atom. The van der Waals surface area contributed by atoms with Crippen molar-refractivity contribution in [1.82, 2.24) is 10.6 Å². The smallest absolute Gasteiger partial charge is 0.242 e. The van der Waals surface area contributed by atoms with Crippen LogP contribution in [0.2, 0.25) is 0 Å². The van der Waals surface area contributed by atoms with Gasteiger partial charge in [-0.25, -0.2) is 0 Å². The molecule has 0 fully saturated rings. The van der Waals surface area contributed by atoms with Crippen molar-refractivity contribution in [2.75, 3.05) is 52.7 Å². The Balaban J connectivity index is 0. The van der Waals surface area contributed by atoms with E-state index in [4.69, 9.17) is 19.9 Å². The van der Waals surface area contributed by atoms with Crippen molar-refractivity contribution in [3.63, 3.8) is 0 Å². The quantitative estimate of drug-likeness (QED) is 0.269. The number of hydrogen-bond acceptors (Lipinski definition) is 6. The van der Waals surface area contributed by atoms with Crippen LogP contribution in [0.5, 0.6) is 0 Å². The molecule has 8 nitrogen and oxygen atoms in total. The van der Waals surface area contributed by atoms with Crippen molar-refractivity contribution in [2.24, 2.45) is 11.7 Å². The minimum absolute atomic E-state index is 0.192. The van der Waals surface area contributed by atoms with Crippen LogP contribution < -0.4 is 16.4 Å². The monoisotopic (exact) mass is 363 g/mol. The summed E-state index contributed by atoms with van der Waals surface area (Å²) in [6, 6.07) is -0.496. The predicted molar refractivity (Wildman–Crippen MR) is 98.3 cm³/mol. The standard InChI is InChI=1S/C15H31N3O5.C2H6/c1-13(2)11-14(18-12-19)15(20)17-4-6-22-8-10-23-9-7-21-5-3-16;1-2/h12-14H,3-11,16H2,1-2H3,(H,17,20)(H,18,19);1-2H3. The fraction of sp³-hybridized carbons (Fsp3) is 0.882. The SMILES string of the molecule is CC.CC(C)CC(NC=O)C(=O)NCCOCCOCCOCCN. The molecule has 2 amide bonds. The van der Waals surface area contributed by atoms with Gasteiger partial charge < -0.3 is 30.6 Å². The number of ether oxygens (including phenoxy) is 3. The summed E-state index contributed by atoms with van der Waals surface area (Å²) >= 11 is 0. The van der Waals surface area contributed by atoms with Gasteiger partial charge in [-0.3, -0.25) is 9.59 Å². The second-order valence-electron chi connectivity index (χ2n) is 5.38. The molecule has 1 unspecified atom stereocenters. The summed E-state index contributed by atoms with van der Waals surface area (Å²) in [6.07, 6.45) is 1.16. The lowest BCUT2D eigenvalue weighted by atomic mass is 10.0. The first-order valence-corrected chi connectivity index (χ1v) is 9.02. The van der Waals surface area contributed by atoms with Gasteiger partial charge in [0.05, 0.1) is 39.6 Å². The molecule has 0 spiro atoms. The van der Waals surface area contributed by atoms with E-state index in [0.29, 0.717) is 71.5 Å². The van der Waals surface area contributed by atoms with Crippen molar-refractivity contribution < 1.29 is 23.8 Å². The Bertz CT molecular complexity index is 304. The zero-order chi connectivity index (χ0) is 19.3. The summed E-state index contributed by atoms with van der Waals surface area (Å²) in [7, 11) is 0.